The van der Waals surface area contributed by atoms with E-state index in [1.54, 1.807) is 41.2 Å². The summed E-state index contributed by atoms with van der Waals surface area (Å²) in [5.41, 5.74) is 0.574. The first-order valence-corrected chi connectivity index (χ1v) is 5.18. The zero-order valence-corrected chi connectivity index (χ0v) is 9.29. The predicted molar refractivity (Wildman–Crippen MR) is 62.1 cm³/mol. The molecule has 1 aromatic heterocycles. The summed E-state index contributed by atoms with van der Waals surface area (Å²) in [7, 11) is 0. The van der Waals surface area contributed by atoms with E-state index >= 15 is 0 Å². The van der Waals surface area contributed by atoms with Gasteiger partial charge >= 0.3 is 5.69 Å². The Morgan fingerprint density at radius 1 is 1.25 bits per heavy atom. The summed E-state index contributed by atoms with van der Waals surface area (Å²) in [4.78, 5) is 12.0. The summed E-state index contributed by atoms with van der Waals surface area (Å²) in [6.07, 6.45) is 3.45. The lowest BCUT2D eigenvalue weighted by molar-refractivity contribution is 0.475. The molecule has 0 saturated heterocycles. The molecule has 1 heterocycles. The van der Waals surface area contributed by atoms with Crippen molar-refractivity contribution in [1.82, 2.24) is 9.13 Å². The molecule has 0 unspecified atom stereocenters. The fourth-order valence-corrected chi connectivity index (χ4v) is 1.62. The molecular formula is C12H14N2O2. The van der Waals surface area contributed by atoms with Gasteiger partial charge in [-0.3, -0.25) is 9.13 Å². The molecule has 0 saturated carbocycles. The minimum absolute atomic E-state index is 0.0967. The van der Waals surface area contributed by atoms with Gasteiger partial charge < -0.3 is 5.11 Å². The molecule has 84 valence electrons. The molecule has 0 aliphatic carbocycles. The molecule has 0 radical (unpaired) electrons. The molecule has 4 nitrogen and oxygen atoms in total. The number of imidazole rings is 1. The highest BCUT2D eigenvalue weighted by Gasteiger charge is 2.07. The second kappa shape index (κ2) is 3.89. The first-order valence-electron chi connectivity index (χ1n) is 5.18. The van der Waals surface area contributed by atoms with Gasteiger partial charge in [-0.25, -0.2) is 4.79 Å². The van der Waals surface area contributed by atoms with E-state index < -0.39 is 0 Å². The SMILES string of the molecule is CC(C)n1ccn(-c2cccc(O)c2)c1=O. The average molecular weight is 218 g/mol. The van der Waals surface area contributed by atoms with E-state index in [0.717, 1.165) is 0 Å². The molecule has 2 rings (SSSR count). The van der Waals surface area contributed by atoms with Gasteiger partial charge in [-0.1, -0.05) is 6.07 Å². The van der Waals surface area contributed by atoms with Gasteiger partial charge in [-0.2, -0.15) is 0 Å². The Morgan fingerprint density at radius 3 is 2.56 bits per heavy atom. The van der Waals surface area contributed by atoms with Crippen LogP contribution in [0.5, 0.6) is 5.75 Å². The van der Waals surface area contributed by atoms with Gasteiger partial charge in [0, 0.05) is 24.5 Å². The number of rotatable bonds is 2. The maximum atomic E-state index is 12.0. The number of hydrogen-bond donors (Lipinski definition) is 1. The fourth-order valence-electron chi connectivity index (χ4n) is 1.62. The Kier molecular flexibility index (Phi) is 2.56. The predicted octanol–water partition coefficient (Wildman–Crippen LogP) is 1.93. The van der Waals surface area contributed by atoms with E-state index in [4.69, 9.17) is 0 Å². The Bertz CT molecular complexity index is 552. The lowest BCUT2D eigenvalue weighted by Gasteiger charge is -2.05. The molecular weight excluding hydrogens is 204 g/mol. The zero-order chi connectivity index (χ0) is 11.7. The van der Waals surface area contributed by atoms with Crippen molar-refractivity contribution in [3.8, 4) is 11.4 Å². The van der Waals surface area contributed by atoms with Gasteiger partial charge in [0.05, 0.1) is 5.69 Å². The van der Waals surface area contributed by atoms with Crippen LogP contribution < -0.4 is 5.69 Å². The molecule has 16 heavy (non-hydrogen) atoms. The van der Waals surface area contributed by atoms with Gasteiger partial charge in [0.25, 0.3) is 0 Å². The zero-order valence-electron chi connectivity index (χ0n) is 9.29. The largest absolute Gasteiger partial charge is 0.508 e. The summed E-state index contributed by atoms with van der Waals surface area (Å²) < 4.78 is 3.16. The molecule has 0 fully saturated rings. The van der Waals surface area contributed by atoms with Crippen molar-refractivity contribution in [3.05, 3.63) is 47.1 Å². The maximum absolute atomic E-state index is 12.0. The lowest BCUT2D eigenvalue weighted by Crippen LogP contribution is -2.24. The molecule has 0 bridgehead atoms. The number of aromatic nitrogens is 2. The second-order valence-electron chi connectivity index (χ2n) is 3.97. The number of hydrogen-bond acceptors (Lipinski definition) is 2. The summed E-state index contributed by atoms with van der Waals surface area (Å²) in [6, 6.07) is 6.77. The van der Waals surface area contributed by atoms with Crippen LogP contribution in [-0.2, 0) is 0 Å². The Morgan fingerprint density at radius 2 is 2.00 bits per heavy atom. The molecule has 0 aliphatic rings. The molecule has 1 N–H and O–H groups in total. The lowest BCUT2D eigenvalue weighted by atomic mass is 10.3. The van der Waals surface area contributed by atoms with Crippen LogP contribution in [0.1, 0.15) is 19.9 Å². The summed E-state index contributed by atoms with van der Waals surface area (Å²) in [5.74, 6) is 0.154. The van der Waals surface area contributed by atoms with Crippen molar-refractivity contribution in [1.29, 1.82) is 0 Å². The summed E-state index contributed by atoms with van der Waals surface area (Å²) >= 11 is 0. The van der Waals surface area contributed by atoms with E-state index in [1.165, 1.54) is 4.57 Å². The molecule has 0 aliphatic heterocycles. The quantitative estimate of drug-likeness (QED) is 0.837. The van der Waals surface area contributed by atoms with Crippen LogP contribution in [0.25, 0.3) is 5.69 Å². The van der Waals surface area contributed by atoms with Crippen molar-refractivity contribution in [3.63, 3.8) is 0 Å². The van der Waals surface area contributed by atoms with E-state index in [9.17, 15) is 9.90 Å². The number of benzene rings is 1. The number of phenols is 1. The van der Waals surface area contributed by atoms with Crippen LogP contribution in [0.3, 0.4) is 0 Å². The molecule has 0 atom stereocenters. The van der Waals surface area contributed by atoms with Gasteiger partial charge in [-0.15, -0.1) is 0 Å². The number of phenolic OH excluding ortho intramolecular Hbond substituents is 1. The van der Waals surface area contributed by atoms with Crippen molar-refractivity contribution in [2.24, 2.45) is 0 Å². The van der Waals surface area contributed by atoms with Gasteiger partial charge in [0.2, 0.25) is 0 Å². The monoisotopic (exact) mass is 218 g/mol. The van der Waals surface area contributed by atoms with E-state index in [2.05, 4.69) is 0 Å². The van der Waals surface area contributed by atoms with Crippen molar-refractivity contribution in [2.45, 2.75) is 19.9 Å². The highest BCUT2D eigenvalue weighted by atomic mass is 16.3. The standard InChI is InChI=1S/C12H14N2O2/c1-9(2)13-6-7-14(12(13)16)10-4-3-5-11(15)8-10/h3-9,15H,1-2H3. The van der Waals surface area contributed by atoms with Crippen LogP contribution in [0.4, 0.5) is 0 Å². The molecule has 0 amide bonds. The van der Waals surface area contributed by atoms with Crippen molar-refractivity contribution >= 4 is 0 Å². The minimum atomic E-state index is -0.0967. The van der Waals surface area contributed by atoms with Gasteiger partial charge in [0.1, 0.15) is 5.75 Å². The van der Waals surface area contributed by atoms with E-state index in [-0.39, 0.29) is 17.5 Å². The first kappa shape index (κ1) is 10.5. The van der Waals surface area contributed by atoms with Crippen LogP contribution >= 0.6 is 0 Å². The summed E-state index contributed by atoms with van der Waals surface area (Å²) in [5, 5.41) is 9.36. The fraction of sp³-hybridized carbons (Fsp3) is 0.250. The number of nitrogens with zero attached hydrogens (tertiary/aromatic N) is 2. The Labute approximate surface area is 93.4 Å². The minimum Gasteiger partial charge on any atom is -0.508 e. The normalized spacial score (nSPS) is 10.9. The summed E-state index contributed by atoms with van der Waals surface area (Å²) in [6.45, 7) is 3.91. The average Bonchev–Trinajstić information content (AvgIpc) is 2.60. The van der Waals surface area contributed by atoms with Crippen LogP contribution in [0.2, 0.25) is 0 Å². The third kappa shape index (κ3) is 1.74. The maximum Gasteiger partial charge on any atom is 0.332 e. The smallest absolute Gasteiger partial charge is 0.332 e. The van der Waals surface area contributed by atoms with E-state index in [1.807, 2.05) is 13.8 Å². The van der Waals surface area contributed by atoms with Gasteiger partial charge in [-0.05, 0) is 26.0 Å². The Balaban J connectivity index is 2.54. The topological polar surface area (TPSA) is 47.2 Å². The molecule has 2 aromatic rings. The van der Waals surface area contributed by atoms with Crippen molar-refractivity contribution < 1.29 is 5.11 Å². The van der Waals surface area contributed by atoms with Crippen LogP contribution in [0, 0.1) is 0 Å². The molecule has 0 spiro atoms. The number of aromatic hydroxyl groups is 1. The van der Waals surface area contributed by atoms with E-state index in [0.29, 0.717) is 5.69 Å². The second-order valence-corrected chi connectivity index (χ2v) is 3.97. The third-order valence-electron chi connectivity index (χ3n) is 2.47. The molecule has 1 aromatic carbocycles. The Hall–Kier alpha value is -1.97. The highest BCUT2D eigenvalue weighted by molar-refractivity contribution is 5.38. The molecule has 4 heteroatoms. The first-order chi connectivity index (χ1) is 7.59. The third-order valence-corrected chi connectivity index (χ3v) is 2.47. The van der Waals surface area contributed by atoms with Crippen LogP contribution in [-0.4, -0.2) is 14.2 Å². The van der Waals surface area contributed by atoms with Crippen LogP contribution in [0.15, 0.2) is 41.5 Å². The van der Waals surface area contributed by atoms with Crippen molar-refractivity contribution in [2.75, 3.05) is 0 Å². The highest BCUT2D eigenvalue weighted by Crippen LogP contribution is 2.14. The van der Waals surface area contributed by atoms with Gasteiger partial charge in [0.15, 0.2) is 0 Å².